The van der Waals surface area contributed by atoms with Crippen LogP contribution in [0.1, 0.15) is 28.4 Å². The lowest BCUT2D eigenvalue weighted by Crippen LogP contribution is -2.29. The van der Waals surface area contributed by atoms with E-state index in [1.807, 2.05) is 0 Å². The zero-order chi connectivity index (χ0) is 24.2. The number of ether oxygens (including phenoxy) is 1. The SMILES string of the molecule is CCOc1ccc(C(=O)Nc2cccc(Cl)c2C)cc1CN(c1ccc(F)cc1)S(C)(=O)=O. The third-order valence-corrected chi connectivity index (χ3v) is 6.52. The first-order chi connectivity index (χ1) is 15.6. The molecule has 0 aliphatic carbocycles. The third kappa shape index (κ3) is 6.03. The highest BCUT2D eigenvalue weighted by Crippen LogP contribution is 2.28. The summed E-state index contributed by atoms with van der Waals surface area (Å²) in [4.78, 5) is 12.9. The van der Waals surface area contributed by atoms with Crippen LogP contribution >= 0.6 is 11.6 Å². The van der Waals surface area contributed by atoms with Crippen molar-refractivity contribution in [2.45, 2.75) is 20.4 Å². The van der Waals surface area contributed by atoms with E-state index in [2.05, 4.69) is 5.32 Å². The Morgan fingerprint density at radius 1 is 1.12 bits per heavy atom. The molecule has 0 heterocycles. The standard InChI is InChI=1S/C24H24ClFN2O4S/c1-4-32-23-13-8-17(24(29)27-22-7-5-6-21(25)16(22)2)14-18(23)15-28(33(3,30)31)20-11-9-19(26)10-12-20/h5-14H,4,15H2,1-3H3,(H,27,29). The molecule has 0 atom stereocenters. The molecule has 0 saturated heterocycles. The Labute approximate surface area is 198 Å². The molecule has 1 amide bonds. The van der Waals surface area contributed by atoms with Crippen molar-refractivity contribution in [2.75, 3.05) is 22.5 Å². The monoisotopic (exact) mass is 490 g/mol. The van der Waals surface area contributed by atoms with Gasteiger partial charge in [0.1, 0.15) is 11.6 Å². The van der Waals surface area contributed by atoms with Crippen LogP contribution in [0.5, 0.6) is 5.75 Å². The van der Waals surface area contributed by atoms with Gasteiger partial charge in [-0.3, -0.25) is 9.10 Å². The second-order valence-electron chi connectivity index (χ2n) is 7.37. The molecule has 0 aromatic heterocycles. The Hall–Kier alpha value is -3.10. The van der Waals surface area contributed by atoms with E-state index in [4.69, 9.17) is 16.3 Å². The van der Waals surface area contributed by atoms with Crippen LogP contribution in [0.15, 0.2) is 60.7 Å². The fourth-order valence-electron chi connectivity index (χ4n) is 3.24. The van der Waals surface area contributed by atoms with Crippen LogP contribution in [-0.2, 0) is 16.6 Å². The number of halogens is 2. The van der Waals surface area contributed by atoms with Crippen LogP contribution in [0, 0.1) is 12.7 Å². The molecule has 1 N–H and O–H groups in total. The number of nitrogens with zero attached hydrogens (tertiary/aromatic N) is 1. The highest BCUT2D eigenvalue weighted by molar-refractivity contribution is 7.92. The largest absolute Gasteiger partial charge is 0.494 e. The first-order valence-electron chi connectivity index (χ1n) is 10.2. The van der Waals surface area contributed by atoms with Crippen LogP contribution in [0.3, 0.4) is 0 Å². The molecule has 9 heteroatoms. The summed E-state index contributed by atoms with van der Waals surface area (Å²) in [7, 11) is -3.71. The number of hydrogen-bond donors (Lipinski definition) is 1. The van der Waals surface area contributed by atoms with Crippen molar-refractivity contribution in [2.24, 2.45) is 0 Å². The van der Waals surface area contributed by atoms with Crippen LogP contribution in [0.2, 0.25) is 5.02 Å². The smallest absolute Gasteiger partial charge is 0.255 e. The molecule has 3 aromatic rings. The van der Waals surface area contributed by atoms with Crippen LogP contribution in [0.4, 0.5) is 15.8 Å². The fraction of sp³-hybridized carbons (Fsp3) is 0.208. The van der Waals surface area contributed by atoms with Gasteiger partial charge in [-0.2, -0.15) is 0 Å². The Morgan fingerprint density at radius 2 is 1.82 bits per heavy atom. The molecule has 0 unspecified atom stereocenters. The average molecular weight is 491 g/mol. The molecule has 0 aliphatic heterocycles. The Morgan fingerprint density at radius 3 is 2.45 bits per heavy atom. The summed E-state index contributed by atoms with van der Waals surface area (Å²) >= 11 is 6.14. The van der Waals surface area contributed by atoms with Crippen molar-refractivity contribution in [1.29, 1.82) is 0 Å². The molecule has 0 aliphatic rings. The van der Waals surface area contributed by atoms with E-state index < -0.39 is 15.8 Å². The Kier molecular flexibility index (Phi) is 7.61. The maximum absolute atomic E-state index is 13.4. The lowest BCUT2D eigenvalue weighted by molar-refractivity contribution is 0.102. The number of anilines is 2. The van der Waals surface area contributed by atoms with Gasteiger partial charge in [-0.15, -0.1) is 0 Å². The maximum atomic E-state index is 13.4. The average Bonchev–Trinajstić information content (AvgIpc) is 2.76. The first kappa shape index (κ1) is 24.5. The van der Waals surface area contributed by atoms with Crippen LogP contribution < -0.4 is 14.4 Å². The summed E-state index contributed by atoms with van der Waals surface area (Å²) in [6.45, 7) is 3.86. The molecule has 0 spiro atoms. The number of hydrogen-bond acceptors (Lipinski definition) is 4. The van der Waals surface area contributed by atoms with E-state index in [0.29, 0.717) is 39.9 Å². The van der Waals surface area contributed by atoms with Crippen molar-refractivity contribution in [3.05, 3.63) is 88.2 Å². The van der Waals surface area contributed by atoms with Crippen molar-refractivity contribution in [3.63, 3.8) is 0 Å². The predicted octanol–water partition coefficient (Wildman–Crippen LogP) is 5.40. The Bertz CT molecular complexity index is 1260. The molecule has 3 aromatic carbocycles. The molecule has 0 saturated carbocycles. The van der Waals surface area contributed by atoms with Gasteiger partial charge in [0, 0.05) is 21.8 Å². The highest BCUT2D eigenvalue weighted by Gasteiger charge is 2.21. The molecule has 0 bridgehead atoms. The highest BCUT2D eigenvalue weighted by atomic mass is 35.5. The molecule has 33 heavy (non-hydrogen) atoms. The summed E-state index contributed by atoms with van der Waals surface area (Å²) in [5, 5.41) is 3.36. The first-order valence-corrected chi connectivity index (χ1v) is 12.4. The van der Waals surface area contributed by atoms with Crippen molar-refractivity contribution < 1.29 is 22.3 Å². The van der Waals surface area contributed by atoms with E-state index in [9.17, 15) is 17.6 Å². The Balaban J connectivity index is 1.97. The summed E-state index contributed by atoms with van der Waals surface area (Å²) < 4.78 is 45.2. The van der Waals surface area contributed by atoms with Gasteiger partial charge < -0.3 is 10.1 Å². The number of nitrogens with one attached hydrogen (secondary N) is 1. The van der Waals surface area contributed by atoms with Gasteiger partial charge in [0.25, 0.3) is 5.91 Å². The topological polar surface area (TPSA) is 75.7 Å². The van der Waals surface area contributed by atoms with Gasteiger partial charge in [0.05, 0.1) is 25.1 Å². The molecule has 0 fully saturated rings. The third-order valence-electron chi connectivity index (χ3n) is 4.97. The predicted molar refractivity (Wildman–Crippen MR) is 129 cm³/mol. The van der Waals surface area contributed by atoms with Crippen molar-refractivity contribution >= 4 is 38.9 Å². The minimum atomic E-state index is -3.71. The number of carbonyl (C=O) groups is 1. The van der Waals surface area contributed by atoms with E-state index in [0.717, 1.165) is 16.1 Å². The van der Waals surface area contributed by atoms with Gasteiger partial charge in [-0.25, -0.2) is 12.8 Å². The van der Waals surface area contributed by atoms with Crippen LogP contribution in [-0.4, -0.2) is 27.2 Å². The molecule has 174 valence electrons. The minimum absolute atomic E-state index is 0.100. The number of sulfonamides is 1. The van der Waals surface area contributed by atoms with Gasteiger partial charge in [-0.05, 0) is 74.0 Å². The van der Waals surface area contributed by atoms with E-state index in [1.165, 1.54) is 24.3 Å². The lowest BCUT2D eigenvalue weighted by atomic mass is 10.1. The quantitative estimate of drug-likeness (QED) is 0.458. The molecule has 6 nitrogen and oxygen atoms in total. The summed E-state index contributed by atoms with van der Waals surface area (Å²) in [6.07, 6.45) is 1.06. The molecule has 3 rings (SSSR count). The maximum Gasteiger partial charge on any atom is 0.255 e. The van der Waals surface area contributed by atoms with Gasteiger partial charge in [-0.1, -0.05) is 17.7 Å². The fourth-order valence-corrected chi connectivity index (χ4v) is 4.29. The minimum Gasteiger partial charge on any atom is -0.494 e. The van der Waals surface area contributed by atoms with E-state index >= 15 is 0 Å². The summed E-state index contributed by atoms with van der Waals surface area (Å²) in [5.74, 6) is -0.404. The summed E-state index contributed by atoms with van der Waals surface area (Å²) in [5.41, 5.74) is 2.42. The lowest BCUT2D eigenvalue weighted by Gasteiger charge is -2.24. The normalized spacial score (nSPS) is 11.2. The number of amides is 1. The van der Waals surface area contributed by atoms with Crippen LogP contribution in [0.25, 0.3) is 0 Å². The molecular weight excluding hydrogens is 467 g/mol. The second kappa shape index (κ2) is 10.2. The summed E-state index contributed by atoms with van der Waals surface area (Å²) in [6, 6.07) is 15.2. The number of benzene rings is 3. The van der Waals surface area contributed by atoms with E-state index in [1.54, 1.807) is 50.2 Å². The number of carbonyl (C=O) groups excluding carboxylic acids is 1. The molecular formula is C24H24ClFN2O4S. The zero-order valence-corrected chi connectivity index (χ0v) is 20.0. The number of rotatable bonds is 8. The van der Waals surface area contributed by atoms with Crippen molar-refractivity contribution in [1.82, 2.24) is 0 Å². The molecule has 0 radical (unpaired) electrons. The van der Waals surface area contributed by atoms with Gasteiger partial charge in [0.2, 0.25) is 10.0 Å². The second-order valence-corrected chi connectivity index (χ2v) is 9.68. The van der Waals surface area contributed by atoms with E-state index in [-0.39, 0.29) is 12.5 Å². The van der Waals surface area contributed by atoms with Crippen molar-refractivity contribution in [3.8, 4) is 5.75 Å². The van der Waals surface area contributed by atoms with Gasteiger partial charge >= 0.3 is 0 Å². The van der Waals surface area contributed by atoms with Gasteiger partial charge in [0.15, 0.2) is 0 Å². The zero-order valence-electron chi connectivity index (χ0n) is 18.4.